The van der Waals surface area contributed by atoms with Crippen molar-refractivity contribution in [3.8, 4) is 32.7 Å². The molecule has 0 nitrogen and oxygen atoms in total. The van der Waals surface area contributed by atoms with E-state index >= 15 is 0 Å². The molecular weight excluding hydrogens is 945 g/mol. The van der Waals surface area contributed by atoms with E-state index < -0.39 is 0 Å². The van der Waals surface area contributed by atoms with Crippen molar-refractivity contribution >= 4 is 75.8 Å². The van der Waals surface area contributed by atoms with Crippen LogP contribution >= 0.6 is 45.3 Å². The Labute approximate surface area is 444 Å². The maximum atomic E-state index is 2.59. The maximum Gasteiger partial charge on any atom is 0.0548 e. The first-order valence-electron chi connectivity index (χ1n) is 28.0. The number of hydrogen-bond donors (Lipinski definition) is 0. The van der Waals surface area contributed by atoms with Gasteiger partial charge in [-0.1, -0.05) is 202 Å². The van der Waals surface area contributed by atoms with Crippen molar-refractivity contribution in [1.29, 1.82) is 0 Å². The molecule has 0 fully saturated rings. The molecule has 0 saturated carbocycles. The molecule has 2 aliphatic carbocycles. The van der Waals surface area contributed by atoms with E-state index in [1.54, 1.807) is 0 Å². The molecule has 72 heavy (non-hydrogen) atoms. The van der Waals surface area contributed by atoms with Gasteiger partial charge in [0.25, 0.3) is 0 Å². The van der Waals surface area contributed by atoms with Gasteiger partial charge >= 0.3 is 0 Å². The van der Waals surface area contributed by atoms with E-state index in [0.717, 1.165) is 25.7 Å². The van der Waals surface area contributed by atoms with Crippen LogP contribution in [0.4, 0.5) is 0 Å². The average Bonchev–Trinajstić information content (AvgIpc) is 4.27. The zero-order chi connectivity index (χ0) is 49.0. The van der Waals surface area contributed by atoms with Crippen LogP contribution in [0.25, 0.3) is 63.1 Å². The Morgan fingerprint density at radius 2 is 0.861 bits per heavy atom. The lowest BCUT2D eigenvalue weighted by Crippen LogP contribution is -2.05. The highest BCUT2D eigenvalue weighted by Crippen LogP contribution is 2.48. The van der Waals surface area contributed by atoms with Crippen molar-refractivity contribution in [1.82, 2.24) is 0 Å². The number of rotatable bonds is 24. The van der Waals surface area contributed by atoms with Crippen molar-refractivity contribution in [2.24, 2.45) is 0 Å². The van der Waals surface area contributed by atoms with E-state index in [4.69, 9.17) is 0 Å². The second kappa shape index (κ2) is 22.7. The van der Waals surface area contributed by atoms with Gasteiger partial charge in [-0.15, -0.1) is 45.3 Å². The van der Waals surface area contributed by atoms with Crippen LogP contribution in [0.15, 0.2) is 115 Å². The van der Waals surface area contributed by atoms with E-state index in [0.29, 0.717) is 0 Å². The molecule has 0 bridgehead atoms. The summed E-state index contributed by atoms with van der Waals surface area (Å²) in [6, 6.07) is 44.0. The van der Waals surface area contributed by atoms with Crippen molar-refractivity contribution < 1.29 is 0 Å². The summed E-state index contributed by atoms with van der Waals surface area (Å²) < 4.78 is 8.61. The highest BCUT2D eigenvalue weighted by molar-refractivity contribution is 7.30. The highest BCUT2D eigenvalue weighted by atomic mass is 32.1. The Kier molecular flexibility index (Phi) is 15.6. The van der Waals surface area contributed by atoms with E-state index in [1.807, 2.05) is 34.0 Å². The Morgan fingerprint density at radius 1 is 0.375 bits per heavy atom. The smallest absolute Gasteiger partial charge is 0.0548 e. The first-order chi connectivity index (χ1) is 35.6. The number of unbranched alkanes of at least 4 members (excludes halogenated alkanes) is 12. The molecule has 2 aliphatic rings. The lowest BCUT2D eigenvalue weighted by Gasteiger charge is -2.16. The van der Waals surface area contributed by atoms with Crippen molar-refractivity contribution in [3.63, 3.8) is 0 Å². The summed E-state index contributed by atoms with van der Waals surface area (Å²) >= 11 is 8.00. The van der Waals surface area contributed by atoms with Crippen molar-refractivity contribution in [2.75, 3.05) is 0 Å². The Bertz CT molecular complexity index is 3650. The molecule has 0 saturated heterocycles. The summed E-state index contributed by atoms with van der Waals surface area (Å²) in [5.41, 5.74) is 18.2. The molecule has 9 aromatic rings. The number of thiophene rings is 4. The predicted molar refractivity (Wildman–Crippen MR) is 320 cm³/mol. The van der Waals surface area contributed by atoms with Gasteiger partial charge in [0.1, 0.15) is 0 Å². The molecule has 4 aromatic heterocycles. The van der Waals surface area contributed by atoms with Crippen LogP contribution in [-0.4, -0.2) is 0 Å². The van der Waals surface area contributed by atoms with Gasteiger partial charge in [-0.3, -0.25) is 0 Å². The highest BCUT2D eigenvalue weighted by Gasteiger charge is 2.28. The summed E-state index contributed by atoms with van der Waals surface area (Å²) in [5.74, 6) is 0. The fourth-order valence-electron chi connectivity index (χ4n) is 11.7. The zero-order valence-corrected chi connectivity index (χ0v) is 46.6. The van der Waals surface area contributed by atoms with Gasteiger partial charge in [-0.2, -0.15) is 0 Å². The molecule has 0 radical (unpaired) electrons. The first kappa shape index (κ1) is 49.4. The van der Waals surface area contributed by atoms with Crippen LogP contribution in [-0.2, 0) is 25.7 Å². The minimum absolute atomic E-state index is 1.15. The molecular formula is C68H72S4. The minimum Gasteiger partial charge on any atom is -0.142 e. The quantitative estimate of drug-likeness (QED) is 0.0529. The normalized spacial score (nSPS) is 12.5. The third kappa shape index (κ3) is 9.83. The molecule has 0 amide bonds. The van der Waals surface area contributed by atoms with E-state index in [2.05, 4.69) is 160 Å². The second-order valence-corrected chi connectivity index (χ2v) is 24.9. The van der Waals surface area contributed by atoms with Crippen molar-refractivity contribution in [3.05, 3.63) is 183 Å². The van der Waals surface area contributed by atoms with Crippen LogP contribution in [0.1, 0.15) is 169 Å². The summed E-state index contributed by atoms with van der Waals surface area (Å²) in [7, 11) is 0. The van der Waals surface area contributed by atoms with Crippen molar-refractivity contribution in [2.45, 2.75) is 156 Å². The predicted octanol–water partition coefficient (Wildman–Crippen LogP) is 20.0. The molecule has 4 heteroatoms. The van der Waals surface area contributed by atoms with Gasteiger partial charge in [0, 0.05) is 56.2 Å². The van der Waals surface area contributed by atoms with Crippen LogP contribution in [0, 0.1) is 19.5 Å². The molecule has 0 unspecified atom stereocenters. The van der Waals surface area contributed by atoms with Gasteiger partial charge in [-0.25, -0.2) is 0 Å². The molecule has 5 aromatic carbocycles. The fraction of sp³-hybridized carbons (Fsp3) is 0.353. The van der Waals surface area contributed by atoms with Crippen LogP contribution < -0.4 is 10.4 Å². The van der Waals surface area contributed by atoms with Gasteiger partial charge in [-0.05, 0) is 131 Å². The van der Waals surface area contributed by atoms with Gasteiger partial charge < -0.3 is 0 Å². The largest absolute Gasteiger partial charge is 0.142 e. The third-order valence-electron chi connectivity index (χ3n) is 15.7. The maximum absolute atomic E-state index is 2.59. The SMILES string of the molecule is CCCCCCc1ccc(C2=c3c(sc4ccsc34)=c3cc4c(c(-c5ccc(CCCCCC)cc5)c32)=c2sc3c(-c5ccc(CCCCCC)cc5)c(-c5ccc(CCCCCC)cc5)sc3c2=C4)cc1. The van der Waals surface area contributed by atoms with E-state index in [-0.39, 0.29) is 0 Å². The monoisotopic (exact) mass is 1020 g/mol. The summed E-state index contributed by atoms with van der Waals surface area (Å²) in [6.07, 6.45) is 27.9. The lowest BCUT2D eigenvalue weighted by molar-refractivity contribution is 0.667. The molecule has 0 aliphatic heterocycles. The summed E-state index contributed by atoms with van der Waals surface area (Å²) in [4.78, 5) is 1.40. The molecule has 4 heterocycles. The van der Waals surface area contributed by atoms with E-state index in [9.17, 15) is 0 Å². The number of benzene rings is 5. The average molecular weight is 1020 g/mol. The second-order valence-electron chi connectivity index (χ2n) is 20.9. The number of fused-ring (bicyclic) bond motifs is 8. The number of aryl methyl sites for hydroxylation is 4. The van der Waals surface area contributed by atoms with Gasteiger partial charge in [0.2, 0.25) is 0 Å². The molecule has 0 atom stereocenters. The Balaban J connectivity index is 1.12. The molecule has 0 spiro atoms. The summed E-state index contributed by atoms with van der Waals surface area (Å²) in [6.45, 7) is 9.22. The topological polar surface area (TPSA) is 0 Å². The van der Waals surface area contributed by atoms with Gasteiger partial charge in [0.15, 0.2) is 0 Å². The Hall–Kier alpha value is -4.84. The van der Waals surface area contributed by atoms with E-state index in [1.165, 1.54) is 229 Å². The molecule has 0 N–H and O–H groups in total. The summed E-state index contributed by atoms with van der Waals surface area (Å²) in [5, 5.41) is 8.01. The standard InChI is InChI=1S/C68H72S4/c1-5-9-13-17-21-45-25-33-49(34-26-45)57-59-53(43-54-61(57)58(62-64(54)70-56-41-42-69-67(56)62)50-35-27-46(28-36-50)22-18-14-10-6-2)44-55-65(59)72-68-60(51-37-29-47(30-38-51)23-19-15-11-7-3)63(71-66(55)68)52-39-31-48(32-40-52)24-20-16-12-8-4/h25-44H,5-24H2,1-4H3. The first-order valence-corrected chi connectivity index (χ1v) is 31.3. The third-order valence-corrected chi connectivity index (χ3v) is 20.6. The van der Waals surface area contributed by atoms with Crippen LogP contribution in [0.5, 0.6) is 0 Å². The fourth-order valence-corrected chi connectivity index (χ4v) is 17.0. The molecule has 368 valence electrons. The zero-order valence-electron chi connectivity index (χ0n) is 43.3. The minimum atomic E-state index is 1.15. The Morgan fingerprint density at radius 3 is 1.38 bits per heavy atom. The van der Waals surface area contributed by atoms with Crippen LogP contribution in [0.2, 0.25) is 0 Å². The molecule has 11 rings (SSSR count). The number of hydrogen-bond acceptors (Lipinski definition) is 4. The van der Waals surface area contributed by atoms with Crippen LogP contribution in [0.3, 0.4) is 0 Å². The van der Waals surface area contributed by atoms with Gasteiger partial charge in [0.05, 0.1) is 14.1 Å². The lowest BCUT2D eigenvalue weighted by atomic mass is 9.87.